The molecule has 0 radical (unpaired) electrons. The monoisotopic (exact) mass is 354 g/mol. The van der Waals surface area contributed by atoms with Gasteiger partial charge in [0.2, 0.25) is 0 Å². The molecule has 0 aliphatic rings. The van der Waals surface area contributed by atoms with E-state index >= 15 is 0 Å². The van der Waals surface area contributed by atoms with Gasteiger partial charge in [0.05, 0.1) is 4.92 Å². The first-order valence-electron chi connectivity index (χ1n) is 7.96. The van der Waals surface area contributed by atoms with Gasteiger partial charge in [0.15, 0.2) is 6.61 Å². The Morgan fingerprint density at radius 3 is 2.69 bits per heavy atom. The second kappa shape index (κ2) is 9.12. The number of amides is 1. The molecule has 0 bridgehead atoms. The van der Waals surface area contributed by atoms with Gasteiger partial charge >= 0.3 is 5.97 Å². The molecule has 0 unspecified atom stereocenters. The Morgan fingerprint density at radius 1 is 1.19 bits per heavy atom. The van der Waals surface area contributed by atoms with Crippen LogP contribution in [-0.2, 0) is 20.7 Å². The van der Waals surface area contributed by atoms with E-state index in [1.54, 1.807) is 12.1 Å². The molecular formula is C19H18N2O5. The maximum Gasteiger partial charge on any atom is 0.331 e. The number of nitro benzene ring substituents is 1. The molecular weight excluding hydrogens is 336 g/mol. The number of ether oxygens (including phenoxy) is 1. The van der Waals surface area contributed by atoms with Crippen molar-refractivity contribution in [3.63, 3.8) is 0 Å². The third-order valence-electron chi connectivity index (χ3n) is 3.46. The van der Waals surface area contributed by atoms with E-state index in [2.05, 4.69) is 5.32 Å². The normalized spacial score (nSPS) is 10.5. The van der Waals surface area contributed by atoms with Crippen LogP contribution in [0.15, 0.2) is 54.6 Å². The van der Waals surface area contributed by atoms with Gasteiger partial charge < -0.3 is 10.1 Å². The Kier molecular flexibility index (Phi) is 6.61. The molecule has 1 N–H and O–H groups in total. The lowest BCUT2D eigenvalue weighted by Crippen LogP contribution is -2.20. The first kappa shape index (κ1) is 18.9. The van der Waals surface area contributed by atoms with Crippen molar-refractivity contribution in [3.05, 3.63) is 75.8 Å². The lowest BCUT2D eigenvalue weighted by Gasteiger charge is -2.06. The summed E-state index contributed by atoms with van der Waals surface area (Å²) in [6, 6.07) is 13.2. The quantitative estimate of drug-likeness (QED) is 0.356. The Hall–Kier alpha value is -3.48. The van der Waals surface area contributed by atoms with Gasteiger partial charge in [-0.1, -0.05) is 31.2 Å². The number of non-ortho nitro benzene ring substituents is 1. The summed E-state index contributed by atoms with van der Waals surface area (Å²) in [5.74, 6) is -1.16. The van der Waals surface area contributed by atoms with Crippen molar-refractivity contribution in [2.24, 2.45) is 0 Å². The highest BCUT2D eigenvalue weighted by molar-refractivity contribution is 5.94. The summed E-state index contributed by atoms with van der Waals surface area (Å²) in [4.78, 5) is 33.7. The first-order valence-corrected chi connectivity index (χ1v) is 7.96. The van der Waals surface area contributed by atoms with Gasteiger partial charge in [-0.25, -0.2) is 4.79 Å². The molecule has 0 atom stereocenters. The number of nitrogens with zero attached hydrogens (tertiary/aromatic N) is 1. The van der Waals surface area contributed by atoms with Crippen LogP contribution in [-0.4, -0.2) is 23.4 Å². The van der Waals surface area contributed by atoms with Crippen molar-refractivity contribution < 1.29 is 19.2 Å². The molecule has 0 aliphatic heterocycles. The summed E-state index contributed by atoms with van der Waals surface area (Å²) in [5, 5.41) is 13.4. The van der Waals surface area contributed by atoms with Crippen LogP contribution in [0.1, 0.15) is 18.1 Å². The number of nitro groups is 1. The van der Waals surface area contributed by atoms with E-state index in [9.17, 15) is 19.7 Å². The minimum Gasteiger partial charge on any atom is -0.452 e. The standard InChI is InChI=1S/C19H18N2O5/c1-2-14-5-3-7-16(11-14)20-18(22)13-26-19(23)10-9-15-6-4-8-17(12-15)21(24)25/h3-12H,2,13H2,1H3,(H,20,22)/b10-9+. The molecule has 0 aliphatic carbocycles. The number of nitrogens with one attached hydrogen (secondary N) is 1. The zero-order valence-corrected chi connectivity index (χ0v) is 14.2. The van der Waals surface area contributed by atoms with Crippen LogP contribution in [0, 0.1) is 10.1 Å². The molecule has 1 amide bonds. The number of carbonyl (C=O) groups is 2. The largest absolute Gasteiger partial charge is 0.452 e. The van der Waals surface area contributed by atoms with E-state index in [1.807, 2.05) is 25.1 Å². The lowest BCUT2D eigenvalue weighted by molar-refractivity contribution is -0.384. The second-order valence-electron chi connectivity index (χ2n) is 5.40. The van der Waals surface area contributed by atoms with Crippen molar-refractivity contribution in [1.82, 2.24) is 0 Å². The summed E-state index contributed by atoms with van der Waals surface area (Å²) in [6.07, 6.45) is 3.35. The van der Waals surface area contributed by atoms with E-state index in [-0.39, 0.29) is 5.69 Å². The van der Waals surface area contributed by atoms with Crippen molar-refractivity contribution in [2.75, 3.05) is 11.9 Å². The predicted octanol–water partition coefficient (Wildman–Crippen LogP) is 3.35. The van der Waals surface area contributed by atoms with E-state index in [0.29, 0.717) is 11.3 Å². The Labute approximate surface area is 150 Å². The summed E-state index contributed by atoms with van der Waals surface area (Å²) in [7, 11) is 0. The van der Waals surface area contributed by atoms with Gasteiger partial charge in [-0.2, -0.15) is 0 Å². The molecule has 0 saturated carbocycles. The molecule has 2 rings (SSSR count). The van der Waals surface area contributed by atoms with Crippen LogP contribution in [0.3, 0.4) is 0 Å². The molecule has 134 valence electrons. The molecule has 2 aromatic carbocycles. The SMILES string of the molecule is CCc1cccc(NC(=O)COC(=O)/C=C/c2cccc([N+](=O)[O-])c2)c1. The van der Waals surface area contributed by atoms with Gasteiger partial charge in [-0.3, -0.25) is 14.9 Å². The Bertz CT molecular complexity index is 845. The lowest BCUT2D eigenvalue weighted by atomic mass is 10.1. The molecule has 7 heteroatoms. The van der Waals surface area contributed by atoms with Crippen molar-refractivity contribution in [2.45, 2.75) is 13.3 Å². The number of anilines is 1. The molecule has 0 aromatic heterocycles. The smallest absolute Gasteiger partial charge is 0.331 e. The fourth-order valence-corrected chi connectivity index (χ4v) is 2.16. The molecule has 0 saturated heterocycles. The second-order valence-corrected chi connectivity index (χ2v) is 5.40. The van der Waals surface area contributed by atoms with Gasteiger partial charge in [0, 0.05) is 23.9 Å². The predicted molar refractivity (Wildman–Crippen MR) is 97.5 cm³/mol. The first-order chi connectivity index (χ1) is 12.5. The number of benzene rings is 2. The number of rotatable bonds is 7. The van der Waals surface area contributed by atoms with E-state index in [0.717, 1.165) is 18.1 Å². The zero-order chi connectivity index (χ0) is 18.9. The topological polar surface area (TPSA) is 98.5 Å². The number of esters is 1. The minimum absolute atomic E-state index is 0.0748. The maximum atomic E-state index is 11.8. The number of hydrogen-bond acceptors (Lipinski definition) is 5. The molecule has 0 fully saturated rings. The number of aryl methyl sites for hydroxylation is 1. The van der Waals surface area contributed by atoms with Gasteiger partial charge in [-0.15, -0.1) is 0 Å². The molecule has 7 nitrogen and oxygen atoms in total. The van der Waals surface area contributed by atoms with E-state index in [4.69, 9.17) is 4.74 Å². The molecule has 0 spiro atoms. The average molecular weight is 354 g/mol. The molecule has 0 heterocycles. The van der Waals surface area contributed by atoms with Crippen molar-refractivity contribution in [1.29, 1.82) is 0 Å². The summed E-state index contributed by atoms with van der Waals surface area (Å²) >= 11 is 0. The minimum atomic E-state index is -0.714. The average Bonchev–Trinajstić information content (AvgIpc) is 2.65. The van der Waals surface area contributed by atoms with Crippen LogP contribution >= 0.6 is 0 Å². The van der Waals surface area contributed by atoms with Gasteiger partial charge in [0.25, 0.3) is 11.6 Å². The molecule has 26 heavy (non-hydrogen) atoms. The van der Waals surface area contributed by atoms with E-state index in [1.165, 1.54) is 24.3 Å². The Morgan fingerprint density at radius 2 is 1.96 bits per heavy atom. The molecule has 2 aromatic rings. The van der Waals surface area contributed by atoms with Crippen molar-refractivity contribution in [3.8, 4) is 0 Å². The highest BCUT2D eigenvalue weighted by Gasteiger charge is 2.07. The van der Waals surface area contributed by atoms with Crippen LogP contribution in [0.5, 0.6) is 0 Å². The zero-order valence-electron chi connectivity index (χ0n) is 14.2. The summed E-state index contributed by atoms with van der Waals surface area (Å²) in [5.41, 5.74) is 2.13. The highest BCUT2D eigenvalue weighted by Crippen LogP contribution is 2.14. The number of carbonyl (C=O) groups excluding carboxylic acids is 2. The third kappa shape index (κ3) is 5.86. The third-order valence-corrected chi connectivity index (χ3v) is 3.46. The van der Waals surface area contributed by atoms with Crippen LogP contribution in [0.25, 0.3) is 6.08 Å². The fourth-order valence-electron chi connectivity index (χ4n) is 2.16. The van der Waals surface area contributed by atoms with Crippen LogP contribution in [0.2, 0.25) is 0 Å². The summed E-state index contributed by atoms with van der Waals surface area (Å²) < 4.78 is 4.86. The highest BCUT2D eigenvalue weighted by atomic mass is 16.6. The maximum absolute atomic E-state index is 11.8. The van der Waals surface area contributed by atoms with Gasteiger partial charge in [0.1, 0.15) is 0 Å². The van der Waals surface area contributed by atoms with Gasteiger partial charge in [-0.05, 0) is 35.8 Å². The van der Waals surface area contributed by atoms with Crippen molar-refractivity contribution >= 4 is 29.3 Å². The fraction of sp³-hybridized carbons (Fsp3) is 0.158. The van der Waals surface area contributed by atoms with E-state index < -0.39 is 23.4 Å². The van der Waals surface area contributed by atoms with Crippen LogP contribution < -0.4 is 5.32 Å². The summed E-state index contributed by atoms with van der Waals surface area (Å²) in [6.45, 7) is 1.59. The van der Waals surface area contributed by atoms with Crippen LogP contribution in [0.4, 0.5) is 11.4 Å². The number of hydrogen-bond donors (Lipinski definition) is 1. The Balaban J connectivity index is 1.85.